The maximum absolute atomic E-state index is 4.31. The molecule has 0 unspecified atom stereocenters. The first-order valence-electron chi connectivity index (χ1n) is 6.41. The number of halogens is 1. The second-order valence-electron chi connectivity index (χ2n) is 4.58. The maximum atomic E-state index is 4.31. The van der Waals surface area contributed by atoms with E-state index in [1.54, 1.807) is 23.9 Å². The molecule has 0 spiro atoms. The molecule has 0 saturated carbocycles. The number of hydrogen-bond acceptors (Lipinski definition) is 5. The minimum absolute atomic E-state index is 0.741. The van der Waals surface area contributed by atoms with E-state index in [2.05, 4.69) is 50.3 Å². The number of aryl methyl sites for hydroxylation is 2. The highest BCUT2D eigenvalue weighted by Gasteiger charge is 2.11. The molecule has 6 heteroatoms. The predicted molar refractivity (Wildman–Crippen MR) is 92.2 cm³/mol. The van der Waals surface area contributed by atoms with Gasteiger partial charge in [-0.05, 0) is 25.5 Å². The van der Waals surface area contributed by atoms with Crippen LogP contribution in [0.4, 0.5) is 5.82 Å². The van der Waals surface area contributed by atoms with E-state index in [0.717, 1.165) is 26.1 Å². The minimum atomic E-state index is 0.741. The van der Waals surface area contributed by atoms with E-state index in [1.807, 2.05) is 24.3 Å². The average molecular weight is 361 g/mol. The number of hydrazone groups is 1. The van der Waals surface area contributed by atoms with E-state index in [0.29, 0.717) is 0 Å². The van der Waals surface area contributed by atoms with Crippen molar-refractivity contribution in [2.45, 2.75) is 13.8 Å². The number of nitrogens with zero attached hydrogens (tertiary/aromatic N) is 3. The second-order valence-corrected chi connectivity index (χ2v) is 6.63. The molecule has 1 N–H and O–H groups in total. The lowest BCUT2D eigenvalue weighted by Crippen LogP contribution is -1.95. The van der Waals surface area contributed by atoms with Gasteiger partial charge in [0, 0.05) is 14.9 Å². The van der Waals surface area contributed by atoms with E-state index >= 15 is 0 Å². The van der Waals surface area contributed by atoms with Crippen LogP contribution in [0.5, 0.6) is 0 Å². The Morgan fingerprint density at radius 1 is 1.24 bits per heavy atom. The Bertz CT molecular complexity index is 826. The Morgan fingerprint density at radius 3 is 2.86 bits per heavy atom. The topological polar surface area (TPSA) is 50.2 Å². The van der Waals surface area contributed by atoms with E-state index in [9.17, 15) is 0 Å². The number of nitrogens with one attached hydrogen (secondary N) is 1. The molecule has 2 heterocycles. The lowest BCUT2D eigenvalue weighted by molar-refractivity contribution is 1.19. The van der Waals surface area contributed by atoms with Crippen molar-refractivity contribution < 1.29 is 0 Å². The molecular formula is C15H13BrN4S. The van der Waals surface area contributed by atoms with Gasteiger partial charge in [-0.15, -0.1) is 11.3 Å². The molecule has 3 aromatic rings. The first kappa shape index (κ1) is 14.2. The zero-order chi connectivity index (χ0) is 14.8. The van der Waals surface area contributed by atoms with Gasteiger partial charge in [0.25, 0.3) is 0 Å². The summed E-state index contributed by atoms with van der Waals surface area (Å²) in [5, 5.41) is 5.33. The highest BCUT2D eigenvalue weighted by molar-refractivity contribution is 9.10. The molecule has 1 aromatic carbocycles. The molecule has 0 fully saturated rings. The Hall–Kier alpha value is -1.79. The smallest absolute Gasteiger partial charge is 0.158 e. The van der Waals surface area contributed by atoms with Gasteiger partial charge in [-0.2, -0.15) is 5.10 Å². The molecule has 0 amide bonds. The minimum Gasteiger partial charge on any atom is -0.261 e. The summed E-state index contributed by atoms with van der Waals surface area (Å²) in [5.41, 5.74) is 5.23. The van der Waals surface area contributed by atoms with Gasteiger partial charge in [-0.25, -0.2) is 9.97 Å². The van der Waals surface area contributed by atoms with Crippen molar-refractivity contribution in [2.75, 3.05) is 5.43 Å². The van der Waals surface area contributed by atoms with Crippen molar-refractivity contribution >= 4 is 49.5 Å². The third kappa shape index (κ3) is 2.82. The summed E-state index contributed by atoms with van der Waals surface area (Å²) in [4.78, 5) is 10.8. The highest BCUT2D eigenvalue weighted by atomic mass is 79.9. The molecule has 0 aliphatic heterocycles. The van der Waals surface area contributed by atoms with Crippen LogP contribution in [0.1, 0.15) is 16.0 Å². The van der Waals surface area contributed by atoms with E-state index < -0.39 is 0 Å². The molecule has 106 valence electrons. The number of anilines is 1. The second kappa shape index (κ2) is 5.91. The van der Waals surface area contributed by atoms with Gasteiger partial charge in [0.15, 0.2) is 5.82 Å². The fourth-order valence-electron chi connectivity index (χ4n) is 2.01. The number of thiophene rings is 1. The monoisotopic (exact) mass is 360 g/mol. The summed E-state index contributed by atoms with van der Waals surface area (Å²) in [7, 11) is 0. The van der Waals surface area contributed by atoms with Crippen molar-refractivity contribution in [3.8, 4) is 0 Å². The van der Waals surface area contributed by atoms with E-state index in [4.69, 9.17) is 0 Å². The van der Waals surface area contributed by atoms with Crippen LogP contribution in [-0.2, 0) is 0 Å². The first-order chi connectivity index (χ1) is 10.2. The van der Waals surface area contributed by atoms with E-state index in [-0.39, 0.29) is 0 Å². The van der Waals surface area contributed by atoms with Gasteiger partial charge in [0.05, 0.1) is 11.6 Å². The van der Waals surface area contributed by atoms with Crippen LogP contribution in [0, 0.1) is 13.8 Å². The molecule has 3 rings (SSSR count). The SMILES string of the molecule is Cc1sc2ncnc(N/N=C\c3ccccc3Br)c2c1C. The third-order valence-electron chi connectivity index (χ3n) is 3.24. The molecule has 0 radical (unpaired) electrons. The summed E-state index contributed by atoms with van der Waals surface area (Å²) in [6.07, 6.45) is 3.33. The number of aromatic nitrogens is 2. The molecule has 0 saturated heterocycles. The Labute approximate surface area is 135 Å². The lowest BCUT2D eigenvalue weighted by Gasteiger charge is -2.02. The van der Waals surface area contributed by atoms with Crippen molar-refractivity contribution in [3.63, 3.8) is 0 Å². The Kier molecular flexibility index (Phi) is 3.98. The number of benzene rings is 1. The van der Waals surface area contributed by atoms with E-state index in [1.165, 1.54) is 10.4 Å². The standard InChI is InChI=1S/C15H13BrN4S/c1-9-10(2)21-15-13(9)14(17-8-18-15)20-19-7-11-5-3-4-6-12(11)16/h3-8H,1-2H3,(H,17,18,20)/b19-7-. The quantitative estimate of drug-likeness (QED) is 0.551. The number of rotatable bonds is 3. The summed E-state index contributed by atoms with van der Waals surface area (Å²) in [5.74, 6) is 0.741. The molecular weight excluding hydrogens is 348 g/mol. The largest absolute Gasteiger partial charge is 0.261 e. The molecule has 21 heavy (non-hydrogen) atoms. The normalized spacial score (nSPS) is 11.4. The van der Waals surface area contributed by atoms with Crippen LogP contribution < -0.4 is 5.43 Å². The maximum Gasteiger partial charge on any atom is 0.158 e. The summed E-state index contributed by atoms with van der Waals surface area (Å²) < 4.78 is 1.01. The van der Waals surface area contributed by atoms with Gasteiger partial charge in [-0.1, -0.05) is 34.1 Å². The summed E-state index contributed by atoms with van der Waals surface area (Å²) in [6.45, 7) is 4.18. The number of fused-ring (bicyclic) bond motifs is 1. The first-order valence-corrected chi connectivity index (χ1v) is 8.02. The van der Waals surface area contributed by atoms with Gasteiger partial charge >= 0.3 is 0 Å². The van der Waals surface area contributed by atoms with Crippen molar-refractivity contribution in [1.82, 2.24) is 9.97 Å². The Morgan fingerprint density at radius 2 is 2.05 bits per heavy atom. The summed E-state index contributed by atoms with van der Waals surface area (Å²) in [6, 6.07) is 7.92. The molecule has 0 bridgehead atoms. The van der Waals surface area contributed by atoms with Crippen LogP contribution in [0.15, 0.2) is 40.2 Å². The molecule has 0 aliphatic rings. The third-order valence-corrected chi connectivity index (χ3v) is 5.08. The van der Waals surface area contributed by atoms with Gasteiger partial charge in [0.1, 0.15) is 11.2 Å². The van der Waals surface area contributed by atoms with Crippen LogP contribution >= 0.6 is 27.3 Å². The predicted octanol–water partition coefficient (Wildman–Crippen LogP) is 4.52. The lowest BCUT2D eigenvalue weighted by atomic mass is 10.2. The zero-order valence-corrected chi connectivity index (χ0v) is 14.0. The van der Waals surface area contributed by atoms with Crippen LogP contribution in [-0.4, -0.2) is 16.2 Å². The number of hydrogen-bond donors (Lipinski definition) is 1. The molecule has 0 aliphatic carbocycles. The molecule has 2 aromatic heterocycles. The Balaban J connectivity index is 1.91. The van der Waals surface area contributed by atoms with Crippen molar-refractivity contribution in [1.29, 1.82) is 0 Å². The van der Waals surface area contributed by atoms with Crippen LogP contribution in [0.3, 0.4) is 0 Å². The fourth-order valence-corrected chi connectivity index (χ4v) is 3.39. The molecule has 0 atom stereocenters. The van der Waals surface area contributed by atoms with Gasteiger partial charge in [0.2, 0.25) is 0 Å². The fraction of sp³-hybridized carbons (Fsp3) is 0.133. The van der Waals surface area contributed by atoms with Crippen LogP contribution in [0.25, 0.3) is 10.2 Å². The highest BCUT2D eigenvalue weighted by Crippen LogP contribution is 2.32. The van der Waals surface area contributed by atoms with Crippen molar-refractivity contribution in [3.05, 3.63) is 51.1 Å². The van der Waals surface area contributed by atoms with Crippen molar-refractivity contribution in [2.24, 2.45) is 5.10 Å². The molecule has 4 nitrogen and oxygen atoms in total. The van der Waals surface area contributed by atoms with Gasteiger partial charge in [-0.3, -0.25) is 5.43 Å². The van der Waals surface area contributed by atoms with Gasteiger partial charge < -0.3 is 0 Å². The van der Waals surface area contributed by atoms with Crippen LogP contribution in [0.2, 0.25) is 0 Å². The average Bonchev–Trinajstić information content (AvgIpc) is 2.77. The summed E-state index contributed by atoms with van der Waals surface area (Å²) >= 11 is 5.17. The zero-order valence-electron chi connectivity index (χ0n) is 11.6.